The smallest absolute Gasteiger partial charge is 0.289 e. The molecule has 1 saturated heterocycles. The van der Waals surface area contributed by atoms with Crippen molar-refractivity contribution in [3.8, 4) is 0 Å². The highest BCUT2D eigenvalue weighted by Gasteiger charge is 2.25. The molecule has 8 heteroatoms. The van der Waals surface area contributed by atoms with Gasteiger partial charge in [-0.2, -0.15) is 0 Å². The predicted octanol–water partition coefficient (Wildman–Crippen LogP) is 1.81. The summed E-state index contributed by atoms with van der Waals surface area (Å²) in [4.78, 5) is 37.0. The zero-order valence-electron chi connectivity index (χ0n) is 15.7. The van der Waals surface area contributed by atoms with Gasteiger partial charge in [-0.15, -0.1) is 0 Å². The van der Waals surface area contributed by atoms with Gasteiger partial charge in [0, 0.05) is 38.9 Å². The van der Waals surface area contributed by atoms with E-state index in [9.17, 15) is 9.59 Å². The Balaban J connectivity index is 1.56. The van der Waals surface area contributed by atoms with E-state index >= 15 is 0 Å². The number of carbonyl (C=O) groups is 2. The summed E-state index contributed by atoms with van der Waals surface area (Å²) in [6.07, 6.45) is 4.02. The second-order valence-corrected chi connectivity index (χ2v) is 6.94. The topological polar surface area (TPSA) is 91.6 Å². The minimum atomic E-state index is -0.189. The number of piperazine rings is 1. The molecule has 3 heterocycles. The van der Waals surface area contributed by atoms with Gasteiger partial charge in [-0.25, -0.2) is 9.97 Å². The molecule has 1 aliphatic heterocycles. The summed E-state index contributed by atoms with van der Waals surface area (Å²) in [5, 5.41) is 2.89. The van der Waals surface area contributed by atoms with Gasteiger partial charge in [0.05, 0.1) is 6.26 Å². The Morgan fingerprint density at radius 3 is 2.67 bits per heavy atom. The maximum Gasteiger partial charge on any atom is 0.289 e. The molecule has 0 saturated carbocycles. The third kappa shape index (κ3) is 4.84. The molecule has 0 radical (unpaired) electrons. The highest BCUT2D eigenvalue weighted by Crippen LogP contribution is 2.14. The average Bonchev–Trinajstić information content (AvgIpc) is 3.22. The quantitative estimate of drug-likeness (QED) is 0.833. The summed E-state index contributed by atoms with van der Waals surface area (Å²) in [5.41, 5.74) is 0.359. The second kappa shape index (κ2) is 8.66. The third-order valence-corrected chi connectivity index (χ3v) is 4.46. The van der Waals surface area contributed by atoms with Gasteiger partial charge in [0.2, 0.25) is 5.95 Å². The van der Waals surface area contributed by atoms with Crippen molar-refractivity contribution in [1.29, 1.82) is 0 Å². The van der Waals surface area contributed by atoms with Crippen LogP contribution in [0.15, 0.2) is 35.1 Å². The van der Waals surface area contributed by atoms with Gasteiger partial charge >= 0.3 is 0 Å². The van der Waals surface area contributed by atoms with Gasteiger partial charge in [0.1, 0.15) is 5.69 Å². The van der Waals surface area contributed by atoms with E-state index < -0.39 is 0 Å². The Labute approximate surface area is 158 Å². The largest absolute Gasteiger partial charge is 0.459 e. The molecule has 0 aliphatic carbocycles. The molecular weight excluding hydrogens is 346 g/mol. The Hall–Kier alpha value is -2.90. The summed E-state index contributed by atoms with van der Waals surface area (Å²) in [7, 11) is 0. The first-order valence-corrected chi connectivity index (χ1v) is 9.23. The lowest BCUT2D eigenvalue weighted by molar-refractivity contribution is 0.0714. The lowest BCUT2D eigenvalue weighted by Gasteiger charge is -2.34. The number of furan rings is 1. The zero-order chi connectivity index (χ0) is 19.2. The van der Waals surface area contributed by atoms with Crippen LogP contribution in [0.1, 0.15) is 41.3 Å². The molecule has 144 valence electrons. The molecule has 2 amide bonds. The first kappa shape index (κ1) is 18.9. The third-order valence-electron chi connectivity index (χ3n) is 4.46. The van der Waals surface area contributed by atoms with E-state index in [0.29, 0.717) is 56.0 Å². The normalized spacial score (nSPS) is 14.5. The predicted molar refractivity (Wildman–Crippen MR) is 101 cm³/mol. The minimum Gasteiger partial charge on any atom is -0.459 e. The maximum atomic E-state index is 12.3. The first-order chi connectivity index (χ1) is 13.0. The lowest BCUT2D eigenvalue weighted by atomic mass is 10.1. The fourth-order valence-corrected chi connectivity index (χ4v) is 2.86. The molecule has 0 bridgehead atoms. The number of nitrogens with zero attached hydrogens (tertiary/aromatic N) is 4. The average molecular weight is 371 g/mol. The van der Waals surface area contributed by atoms with Crippen LogP contribution in [0, 0.1) is 5.92 Å². The zero-order valence-corrected chi connectivity index (χ0v) is 15.7. The summed E-state index contributed by atoms with van der Waals surface area (Å²) in [6.45, 7) is 7.16. The maximum absolute atomic E-state index is 12.3. The van der Waals surface area contributed by atoms with E-state index in [1.807, 2.05) is 4.90 Å². The number of rotatable bonds is 6. The lowest BCUT2D eigenvalue weighted by Crippen LogP contribution is -2.49. The number of hydrogen-bond acceptors (Lipinski definition) is 6. The molecule has 1 fully saturated rings. The minimum absolute atomic E-state index is 0.112. The molecule has 27 heavy (non-hydrogen) atoms. The van der Waals surface area contributed by atoms with E-state index in [2.05, 4.69) is 29.1 Å². The highest BCUT2D eigenvalue weighted by molar-refractivity contribution is 5.92. The molecule has 2 aromatic rings. The standard InChI is InChI=1S/C19H25N5O3/c1-14(2)5-7-20-17(25)15-6-8-21-19(22-15)24-11-9-23(10-12-24)18(26)16-4-3-13-27-16/h3-4,6,8,13-14H,5,7,9-12H2,1-2H3,(H,20,25). The number of aromatic nitrogens is 2. The molecule has 0 spiro atoms. The molecule has 8 nitrogen and oxygen atoms in total. The number of carbonyl (C=O) groups excluding carboxylic acids is 2. The van der Waals surface area contributed by atoms with E-state index in [1.54, 1.807) is 29.3 Å². The Bertz CT molecular complexity index is 767. The van der Waals surface area contributed by atoms with E-state index in [4.69, 9.17) is 4.42 Å². The summed E-state index contributed by atoms with van der Waals surface area (Å²) in [5.74, 6) is 1.09. The van der Waals surface area contributed by atoms with Crippen LogP contribution < -0.4 is 10.2 Å². The molecule has 3 rings (SSSR count). The van der Waals surface area contributed by atoms with Crippen LogP contribution in [0.5, 0.6) is 0 Å². The molecular formula is C19H25N5O3. The molecule has 0 unspecified atom stereocenters. The van der Waals surface area contributed by atoms with Crippen LogP contribution in [-0.4, -0.2) is 59.4 Å². The van der Waals surface area contributed by atoms with Crippen LogP contribution in [0.3, 0.4) is 0 Å². The fraction of sp³-hybridized carbons (Fsp3) is 0.474. The Morgan fingerprint density at radius 1 is 1.22 bits per heavy atom. The van der Waals surface area contributed by atoms with Crippen LogP contribution >= 0.6 is 0 Å². The number of anilines is 1. The molecule has 0 aromatic carbocycles. The van der Waals surface area contributed by atoms with Crippen molar-refractivity contribution in [3.63, 3.8) is 0 Å². The Morgan fingerprint density at radius 2 is 2.00 bits per heavy atom. The number of nitrogens with one attached hydrogen (secondary N) is 1. The SMILES string of the molecule is CC(C)CCNC(=O)c1ccnc(N2CCN(C(=O)c3ccco3)CC2)n1. The van der Waals surface area contributed by atoms with Gasteiger partial charge in [-0.1, -0.05) is 13.8 Å². The van der Waals surface area contributed by atoms with Crippen LogP contribution in [0.4, 0.5) is 5.95 Å². The molecule has 1 N–H and O–H groups in total. The van der Waals surface area contributed by atoms with Crippen LogP contribution in [0.25, 0.3) is 0 Å². The van der Waals surface area contributed by atoms with E-state index in [0.717, 1.165) is 6.42 Å². The number of hydrogen-bond donors (Lipinski definition) is 1. The van der Waals surface area contributed by atoms with E-state index in [1.165, 1.54) is 6.26 Å². The second-order valence-electron chi connectivity index (χ2n) is 6.94. The fourth-order valence-electron chi connectivity index (χ4n) is 2.86. The monoisotopic (exact) mass is 371 g/mol. The molecule has 0 atom stereocenters. The summed E-state index contributed by atoms with van der Waals surface area (Å²) >= 11 is 0. The van der Waals surface area contributed by atoms with Crippen molar-refractivity contribution in [2.45, 2.75) is 20.3 Å². The molecule has 1 aliphatic rings. The molecule has 2 aromatic heterocycles. The Kier molecular flexibility index (Phi) is 6.05. The summed E-state index contributed by atoms with van der Waals surface area (Å²) < 4.78 is 5.17. The van der Waals surface area contributed by atoms with E-state index in [-0.39, 0.29) is 11.8 Å². The first-order valence-electron chi connectivity index (χ1n) is 9.23. The van der Waals surface area contributed by atoms with Gasteiger partial charge in [0.15, 0.2) is 5.76 Å². The van der Waals surface area contributed by atoms with Crippen molar-refractivity contribution < 1.29 is 14.0 Å². The van der Waals surface area contributed by atoms with Crippen molar-refractivity contribution in [2.24, 2.45) is 5.92 Å². The van der Waals surface area contributed by atoms with Crippen molar-refractivity contribution in [3.05, 3.63) is 42.1 Å². The van der Waals surface area contributed by atoms with Crippen molar-refractivity contribution >= 4 is 17.8 Å². The van der Waals surface area contributed by atoms with Crippen molar-refractivity contribution in [1.82, 2.24) is 20.2 Å². The number of amides is 2. The highest BCUT2D eigenvalue weighted by atomic mass is 16.3. The van der Waals surface area contributed by atoms with Crippen LogP contribution in [-0.2, 0) is 0 Å². The van der Waals surface area contributed by atoms with Crippen LogP contribution in [0.2, 0.25) is 0 Å². The van der Waals surface area contributed by atoms with Gasteiger partial charge in [0.25, 0.3) is 11.8 Å². The van der Waals surface area contributed by atoms with Crippen molar-refractivity contribution in [2.75, 3.05) is 37.6 Å². The van der Waals surface area contributed by atoms with Gasteiger partial charge in [-0.05, 0) is 30.5 Å². The summed E-state index contributed by atoms with van der Waals surface area (Å²) in [6, 6.07) is 4.99. The van der Waals surface area contributed by atoms with Gasteiger partial charge in [-0.3, -0.25) is 9.59 Å². The van der Waals surface area contributed by atoms with Gasteiger partial charge < -0.3 is 19.5 Å².